The molecule has 1 amide bonds. The number of hydrogen-bond donors (Lipinski definition) is 0. The number of rotatable bonds is 6. The zero-order chi connectivity index (χ0) is 23.7. The van der Waals surface area contributed by atoms with Crippen LogP contribution in [0.15, 0.2) is 28.0 Å². The van der Waals surface area contributed by atoms with Crippen LogP contribution in [0.3, 0.4) is 0 Å². The molecule has 0 spiro atoms. The van der Waals surface area contributed by atoms with Gasteiger partial charge in [0.2, 0.25) is 0 Å². The minimum Gasteiger partial charge on any atom is -0.355 e. The van der Waals surface area contributed by atoms with Gasteiger partial charge in [-0.15, -0.1) is 0 Å². The minimum atomic E-state index is -0.152. The molecule has 2 aliphatic heterocycles. The Balaban J connectivity index is 1.81. The van der Waals surface area contributed by atoms with Crippen LogP contribution < -0.4 is 10.5 Å². The third kappa shape index (κ3) is 4.87. The molecule has 2 aromatic rings. The first-order chi connectivity index (χ1) is 15.8. The van der Waals surface area contributed by atoms with Crippen LogP contribution in [0.1, 0.15) is 57.6 Å². The molecule has 0 aromatic carbocycles. The molecule has 0 saturated carbocycles. The summed E-state index contributed by atoms with van der Waals surface area (Å²) in [5.74, 6) is 1.58. The fraction of sp³-hybridized carbons (Fsp3) is 0.520. The molecule has 0 aliphatic carbocycles. The highest BCUT2D eigenvalue weighted by Crippen LogP contribution is 2.35. The van der Waals surface area contributed by atoms with Crippen molar-refractivity contribution in [3.63, 3.8) is 0 Å². The molecule has 0 N–H and O–H groups in total. The Morgan fingerprint density at radius 2 is 1.94 bits per heavy atom. The Labute approximate surface area is 205 Å². The molecule has 2 atom stereocenters. The van der Waals surface area contributed by atoms with Crippen LogP contribution in [0.4, 0.5) is 5.82 Å². The molecule has 8 heteroatoms. The highest BCUT2D eigenvalue weighted by Gasteiger charge is 2.33. The van der Waals surface area contributed by atoms with Gasteiger partial charge in [-0.3, -0.25) is 18.9 Å². The van der Waals surface area contributed by atoms with Crippen molar-refractivity contribution in [2.75, 3.05) is 24.5 Å². The summed E-state index contributed by atoms with van der Waals surface area (Å²) in [5, 5.41) is 0. The van der Waals surface area contributed by atoms with E-state index in [2.05, 4.69) is 25.7 Å². The van der Waals surface area contributed by atoms with Crippen molar-refractivity contribution >= 4 is 51.7 Å². The molecule has 176 valence electrons. The van der Waals surface area contributed by atoms with Gasteiger partial charge in [0.1, 0.15) is 15.8 Å². The molecule has 6 nitrogen and oxygen atoms in total. The summed E-state index contributed by atoms with van der Waals surface area (Å²) in [6.07, 6.45) is 7.69. The second-order valence-corrected chi connectivity index (χ2v) is 11.1. The van der Waals surface area contributed by atoms with Crippen molar-refractivity contribution in [1.82, 2.24) is 14.3 Å². The van der Waals surface area contributed by atoms with Gasteiger partial charge in [-0.05, 0) is 49.3 Å². The van der Waals surface area contributed by atoms with E-state index < -0.39 is 0 Å². The predicted octanol–water partition coefficient (Wildman–Crippen LogP) is 4.88. The molecule has 0 radical (unpaired) electrons. The van der Waals surface area contributed by atoms with Gasteiger partial charge in [-0.2, -0.15) is 0 Å². The molecular formula is C25H32N4O2S2. The van der Waals surface area contributed by atoms with Gasteiger partial charge in [-0.1, -0.05) is 63.7 Å². The Hall–Kier alpha value is -2.19. The fourth-order valence-corrected chi connectivity index (χ4v) is 6.14. The number of nitrogens with zero attached hydrogens (tertiary/aromatic N) is 4. The molecule has 2 aromatic heterocycles. The van der Waals surface area contributed by atoms with Crippen LogP contribution >= 0.6 is 24.0 Å². The van der Waals surface area contributed by atoms with Crippen molar-refractivity contribution in [3.05, 3.63) is 44.7 Å². The highest BCUT2D eigenvalue weighted by molar-refractivity contribution is 8.26. The quantitative estimate of drug-likeness (QED) is 0.331. The molecule has 2 unspecified atom stereocenters. The normalized spacial score (nSPS) is 22.7. The number of aryl methyl sites for hydroxylation is 1. The topological polar surface area (TPSA) is 57.9 Å². The molecular weight excluding hydrogens is 452 g/mol. The van der Waals surface area contributed by atoms with E-state index in [0.29, 0.717) is 44.6 Å². The van der Waals surface area contributed by atoms with Gasteiger partial charge in [-0.25, -0.2) is 4.98 Å². The van der Waals surface area contributed by atoms with E-state index in [9.17, 15) is 9.59 Å². The van der Waals surface area contributed by atoms with Gasteiger partial charge >= 0.3 is 0 Å². The van der Waals surface area contributed by atoms with E-state index in [1.165, 1.54) is 11.8 Å². The third-order valence-electron chi connectivity index (χ3n) is 6.37. The molecule has 2 aliphatic rings. The van der Waals surface area contributed by atoms with Gasteiger partial charge in [0.05, 0.1) is 10.5 Å². The summed E-state index contributed by atoms with van der Waals surface area (Å²) in [6, 6.07) is 3.82. The molecule has 4 heterocycles. The van der Waals surface area contributed by atoms with Gasteiger partial charge < -0.3 is 4.90 Å². The van der Waals surface area contributed by atoms with Crippen molar-refractivity contribution < 1.29 is 4.79 Å². The maximum atomic E-state index is 13.7. The summed E-state index contributed by atoms with van der Waals surface area (Å²) in [7, 11) is 0. The van der Waals surface area contributed by atoms with Gasteiger partial charge in [0.15, 0.2) is 0 Å². The maximum absolute atomic E-state index is 13.7. The second kappa shape index (κ2) is 9.97. The number of unbranched alkanes of at least 4 members (excludes halogenated alkanes) is 2. The molecule has 2 saturated heterocycles. The smallest absolute Gasteiger partial charge is 0.267 e. The number of hydrogen-bond acceptors (Lipinski definition) is 6. The second-order valence-electron chi connectivity index (χ2n) is 9.43. The number of amides is 1. The Morgan fingerprint density at radius 1 is 1.21 bits per heavy atom. The first-order valence-electron chi connectivity index (χ1n) is 11.8. The first kappa shape index (κ1) is 24.0. The number of pyridine rings is 1. The van der Waals surface area contributed by atoms with Crippen molar-refractivity contribution in [3.8, 4) is 0 Å². The lowest BCUT2D eigenvalue weighted by molar-refractivity contribution is -0.122. The van der Waals surface area contributed by atoms with E-state index in [4.69, 9.17) is 17.2 Å². The number of thioether (sulfide) groups is 1. The average Bonchev–Trinajstić information content (AvgIpc) is 3.03. The van der Waals surface area contributed by atoms with E-state index in [1.54, 1.807) is 21.6 Å². The van der Waals surface area contributed by atoms with Crippen molar-refractivity contribution in [1.29, 1.82) is 0 Å². The van der Waals surface area contributed by atoms with E-state index in [-0.39, 0.29) is 11.5 Å². The van der Waals surface area contributed by atoms with Crippen molar-refractivity contribution in [2.45, 2.75) is 53.4 Å². The number of carbonyl (C=O) groups is 1. The number of thiocarbonyl (C=S) groups is 1. The first-order valence-corrected chi connectivity index (χ1v) is 13.0. The Kier molecular flexibility index (Phi) is 7.24. The van der Waals surface area contributed by atoms with Gasteiger partial charge in [0, 0.05) is 25.8 Å². The van der Waals surface area contributed by atoms with Crippen LogP contribution in [0.5, 0.6) is 0 Å². The summed E-state index contributed by atoms with van der Waals surface area (Å²) in [6.45, 7) is 10.9. The molecule has 2 fully saturated rings. The standard InChI is InChI=1S/C25H32N4O2S2/c1-5-6-7-10-29-24(31)20(33-25(29)32)13-19-22(27-14-16(2)12-17(3)15-27)26-21-18(4)9-8-11-28(21)23(19)30/h8-9,11,13,16-17H,5-7,10,12,14-15H2,1-4H3/b20-13+. The minimum absolute atomic E-state index is 0.110. The lowest BCUT2D eigenvalue weighted by atomic mass is 9.91. The Bertz CT molecular complexity index is 1160. The number of anilines is 1. The fourth-order valence-electron chi connectivity index (χ4n) is 4.85. The van der Waals surface area contributed by atoms with Crippen molar-refractivity contribution in [2.24, 2.45) is 11.8 Å². The van der Waals surface area contributed by atoms with Gasteiger partial charge in [0.25, 0.3) is 11.5 Å². The third-order valence-corrected chi connectivity index (χ3v) is 7.74. The largest absolute Gasteiger partial charge is 0.355 e. The summed E-state index contributed by atoms with van der Waals surface area (Å²) < 4.78 is 2.15. The van der Waals surface area contributed by atoms with Crippen LogP contribution in [-0.2, 0) is 4.79 Å². The number of carbonyl (C=O) groups excluding carboxylic acids is 1. The Morgan fingerprint density at radius 3 is 2.64 bits per heavy atom. The molecule has 0 bridgehead atoms. The molecule has 33 heavy (non-hydrogen) atoms. The molecule has 4 rings (SSSR count). The van der Waals surface area contributed by atoms with E-state index >= 15 is 0 Å². The van der Waals surface area contributed by atoms with Crippen LogP contribution in [0.25, 0.3) is 11.7 Å². The van der Waals surface area contributed by atoms with E-state index in [0.717, 1.165) is 44.3 Å². The monoisotopic (exact) mass is 484 g/mol. The zero-order valence-corrected chi connectivity index (χ0v) is 21.5. The lowest BCUT2D eigenvalue weighted by Gasteiger charge is -2.36. The van der Waals surface area contributed by atoms with Crippen LogP contribution in [0, 0.1) is 18.8 Å². The number of piperidine rings is 1. The number of fused-ring (bicyclic) bond motifs is 1. The lowest BCUT2D eigenvalue weighted by Crippen LogP contribution is -2.40. The summed E-state index contributed by atoms with van der Waals surface area (Å²) in [4.78, 5) is 36.2. The SMILES string of the molecule is CCCCCN1C(=O)/C(=C\c2c(N3CC(C)CC(C)C3)nc3c(C)cccn3c2=O)SC1=S. The summed E-state index contributed by atoms with van der Waals surface area (Å²) in [5.41, 5.74) is 1.92. The zero-order valence-electron chi connectivity index (χ0n) is 19.8. The summed E-state index contributed by atoms with van der Waals surface area (Å²) >= 11 is 6.78. The van der Waals surface area contributed by atoms with Crippen LogP contribution in [0.2, 0.25) is 0 Å². The van der Waals surface area contributed by atoms with E-state index in [1.807, 2.05) is 19.1 Å². The van der Waals surface area contributed by atoms with Crippen LogP contribution in [-0.4, -0.2) is 44.1 Å². The average molecular weight is 485 g/mol. The maximum Gasteiger partial charge on any atom is 0.267 e. The highest BCUT2D eigenvalue weighted by atomic mass is 32.2. The predicted molar refractivity (Wildman–Crippen MR) is 141 cm³/mol. The number of aromatic nitrogens is 2.